The Bertz CT molecular complexity index is 1600. The predicted octanol–water partition coefficient (Wildman–Crippen LogP) is 6.82. The molecule has 7 heteroatoms. The van der Waals surface area contributed by atoms with E-state index in [4.69, 9.17) is 14.6 Å². The zero-order chi connectivity index (χ0) is 32.0. The van der Waals surface area contributed by atoms with Gasteiger partial charge in [-0.05, 0) is 43.0 Å². The van der Waals surface area contributed by atoms with Crippen molar-refractivity contribution in [2.75, 3.05) is 38.3 Å². The molecule has 6 rings (SSSR count). The number of hydrogen-bond acceptors (Lipinski definition) is 6. The number of amides is 1. The summed E-state index contributed by atoms with van der Waals surface area (Å²) < 4.78 is 13.4. The summed E-state index contributed by atoms with van der Waals surface area (Å²) in [6.07, 6.45) is 10.2. The highest BCUT2D eigenvalue weighted by Crippen LogP contribution is 2.40. The monoisotopic (exact) mass is 616 g/mol. The molecule has 238 valence electrons. The Balaban J connectivity index is 1.30. The van der Waals surface area contributed by atoms with Gasteiger partial charge in [0.05, 0.1) is 18.3 Å². The first-order chi connectivity index (χ1) is 22.4. The standard InChI is InChI=1S/C39H44N4O3/c1-28-23-29(2)25-31(24-28)26-36(44)42-21-19-41(20-22-42)35-27-40-43(33-16-9-6-10-17-33)39(45-4)38(35)46-37(32-14-7-5-8-15-32)34-18-12-11-13-30(34)3/h5-18,23-25,27,30,34,37,39H,19-22,26H2,1-4H3. The van der Waals surface area contributed by atoms with Gasteiger partial charge in [-0.15, -0.1) is 0 Å². The molecule has 0 aromatic heterocycles. The summed E-state index contributed by atoms with van der Waals surface area (Å²) in [7, 11) is 1.70. The lowest BCUT2D eigenvalue weighted by atomic mass is 9.82. The fourth-order valence-corrected chi connectivity index (χ4v) is 6.74. The first kappa shape index (κ1) is 31.4. The number of anilines is 1. The van der Waals surface area contributed by atoms with Crippen LogP contribution in [-0.4, -0.2) is 61.4 Å². The Morgan fingerprint density at radius 2 is 1.54 bits per heavy atom. The van der Waals surface area contributed by atoms with Crippen molar-refractivity contribution in [1.29, 1.82) is 0 Å². The normalized spacial score (nSPS) is 21.9. The van der Waals surface area contributed by atoms with Crippen molar-refractivity contribution in [2.24, 2.45) is 16.9 Å². The SMILES string of the molecule is COC1C(OC(c2ccccc2)C2C=CC=CC2C)=C(N2CCN(C(=O)Cc3cc(C)cc(C)c3)CC2)C=NN1c1ccccc1. The van der Waals surface area contributed by atoms with Gasteiger partial charge < -0.3 is 19.3 Å². The number of carbonyl (C=O) groups is 1. The van der Waals surface area contributed by atoms with Gasteiger partial charge in [-0.2, -0.15) is 5.10 Å². The van der Waals surface area contributed by atoms with Crippen LogP contribution >= 0.6 is 0 Å². The van der Waals surface area contributed by atoms with Gasteiger partial charge in [0.25, 0.3) is 0 Å². The molecule has 3 aromatic carbocycles. The minimum absolute atomic E-state index is 0.127. The van der Waals surface area contributed by atoms with Crippen LogP contribution < -0.4 is 5.01 Å². The third kappa shape index (κ3) is 6.95. The Morgan fingerprint density at radius 1 is 0.891 bits per heavy atom. The van der Waals surface area contributed by atoms with Crippen LogP contribution in [0.25, 0.3) is 0 Å². The summed E-state index contributed by atoms with van der Waals surface area (Å²) in [4.78, 5) is 17.6. The highest BCUT2D eigenvalue weighted by molar-refractivity contribution is 5.82. The molecular weight excluding hydrogens is 572 g/mol. The fourth-order valence-electron chi connectivity index (χ4n) is 6.74. The lowest BCUT2D eigenvalue weighted by Crippen LogP contribution is -2.51. The van der Waals surface area contributed by atoms with E-state index in [1.165, 1.54) is 11.1 Å². The van der Waals surface area contributed by atoms with Crippen LogP contribution in [0, 0.1) is 25.7 Å². The summed E-state index contributed by atoms with van der Waals surface area (Å²) in [6, 6.07) is 26.8. The number of ether oxygens (including phenoxy) is 2. The Hall–Kier alpha value is -4.62. The highest BCUT2D eigenvalue weighted by Gasteiger charge is 2.38. The quantitative estimate of drug-likeness (QED) is 0.264. The van der Waals surface area contributed by atoms with Crippen molar-refractivity contribution in [3.05, 3.63) is 137 Å². The molecule has 1 fully saturated rings. The van der Waals surface area contributed by atoms with E-state index in [1.54, 1.807) is 7.11 Å². The van der Waals surface area contributed by atoms with Crippen molar-refractivity contribution < 1.29 is 14.3 Å². The molecule has 46 heavy (non-hydrogen) atoms. The number of hydrogen-bond donors (Lipinski definition) is 0. The number of hydrazone groups is 1. The smallest absolute Gasteiger partial charge is 0.227 e. The van der Waals surface area contributed by atoms with E-state index in [1.807, 2.05) is 52.5 Å². The van der Waals surface area contributed by atoms with E-state index in [0.29, 0.717) is 32.6 Å². The van der Waals surface area contributed by atoms with Gasteiger partial charge in [-0.1, -0.05) is 109 Å². The summed E-state index contributed by atoms with van der Waals surface area (Å²) >= 11 is 0. The molecule has 1 saturated heterocycles. The number of methoxy groups -OCH3 is 1. The van der Waals surface area contributed by atoms with Crippen LogP contribution in [0.4, 0.5) is 5.69 Å². The van der Waals surface area contributed by atoms with Crippen LogP contribution in [0.5, 0.6) is 0 Å². The van der Waals surface area contributed by atoms with Gasteiger partial charge in [0.1, 0.15) is 11.8 Å². The van der Waals surface area contributed by atoms with Gasteiger partial charge in [0.2, 0.25) is 12.1 Å². The topological polar surface area (TPSA) is 57.6 Å². The van der Waals surface area contributed by atoms with Crippen LogP contribution in [0.15, 0.2) is 120 Å². The van der Waals surface area contributed by atoms with Crippen molar-refractivity contribution in [3.8, 4) is 0 Å². The van der Waals surface area contributed by atoms with Gasteiger partial charge in [0, 0.05) is 39.2 Å². The first-order valence-electron chi connectivity index (χ1n) is 16.2. The zero-order valence-electron chi connectivity index (χ0n) is 27.3. The summed E-state index contributed by atoms with van der Waals surface area (Å²) in [6.45, 7) is 9.00. The average molecular weight is 617 g/mol. The maximum absolute atomic E-state index is 13.3. The second-order valence-corrected chi connectivity index (χ2v) is 12.5. The summed E-state index contributed by atoms with van der Waals surface area (Å²) in [5, 5.41) is 6.77. The molecule has 0 radical (unpaired) electrons. The molecule has 7 nitrogen and oxygen atoms in total. The van der Waals surface area contributed by atoms with Crippen LogP contribution in [0.3, 0.4) is 0 Å². The van der Waals surface area contributed by atoms with Crippen molar-refractivity contribution in [2.45, 2.75) is 39.5 Å². The molecule has 0 bridgehead atoms. The molecule has 4 atom stereocenters. The Morgan fingerprint density at radius 3 is 2.20 bits per heavy atom. The van der Waals surface area contributed by atoms with E-state index >= 15 is 0 Å². The molecule has 3 aromatic rings. The van der Waals surface area contributed by atoms with E-state index in [9.17, 15) is 4.79 Å². The van der Waals surface area contributed by atoms with Gasteiger partial charge >= 0.3 is 0 Å². The summed E-state index contributed by atoms with van der Waals surface area (Å²) in [5.41, 5.74) is 6.35. The van der Waals surface area contributed by atoms with E-state index in [2.05, 4.69) is 92.4 Å². The van der Waals surface area contributed by atoms with Crippen molar-refractivity contribution in [3.63, 3.8) is 0 Å². The molecule has 1 aliphatic carbocycles. The number of allylic oxidation sites excluding steroid dienone is 4. The molecule has 3 aliphatic rings. The Labute approximate surface area is 273 Å². The number of aryl methyl sites for hydroxylation is 2. The second kappa shape index (κ2) is 14.2. The maximum Gasteiger partial charge on any atom is 0.227 e. The summed E-state index contributed by atoms with van der Waals surface area (Å²) in [5.74, 6) is 1.30. The van der Waals surface area contributed by atoms with E-state index in [-0.39, 0.29) is 23.8 Å². The van der Waals surface area contributed by atoms with Crippen molar-refractivity contribution in [1.82, 2.24) is 9.80 Å². The molecule has 2 heterocycles. The van der Waals surface area contributed by atoms with Crippen LogP contribution in [-0.2, 0) is 20.7 Å². The predicted molar refractivity (Wildman–Crippen MR) is 184 cm³/mol. The van der Waals surface area contributed by atoms with E-state index < -0.39 is 6.23 Å². The average Bonchev–Trinajstić information content (AvgIpc) is 3.07. The fraction of sp³-hybridized carbons (Fsp3) is 0.333. The Kier molecular flexibility index (Phi) is 9.69. The third-order valence-corrected chi connectivity index (χ3v) is 9.06. The first-order valence-corrected chi connectivity index (χ1v) is 16.2. The maximum atomic E-state index is 13.3. The molecule has 0 spiro atoms. The zero-order valence-corrected chi connectivity index (χ0v) is 27.3. The molecule has 0 saturated carbocycles. The van der Waals surface area contributed by atoms with Crippen LogP contribution in [0.1, 0.15) is 35.3 Å². The second-order valence-electron chi connectivity index (χ2n) is 12.5. The number of piperazine rings is 1. The number of benzene rings is 3. The number of para-hydroxylation sites is 1. The lowest BCUT2D eigenvalue weighted by molar-refractivity contribution is -0.131. The lowest BCUT2D eigenvalue weighted by Gasteiger charge is -2.42. The molecule has 2 aliphatic heterocycles. The van der Waals surface area contributed by atoms with Gasteiger partial charge in [0.15, 0.2) is 5.76 Å². The minimum Gasteiger partial charge on any atom is -0.482 e. The molecule has 1 amide bonds. The number of carbonyl (C=O) groups excluding carboxylic acids is 1. The van der Waals surface area contributed by atoms with Gasteiger partial charge in [-0.25, -0.2) is 5.01 Å². The highest BCUT2D eigenvalue weighted by atomic mass is 16.5. The van der Waals surface area contributed by atoms with Crippen LogP contribution in [0.2, 0.25) is 0 Å². The largest absolute Gasteiger partial charge is 0.482 e. The molecular formula is C39H44N4O3. The van der Waals surface area contributed by atoms with E-state index in [0.717, 1.165) is 28.3 Å². The molecule has 0 N–H and O–H groups in total. The number of nitrogens with zero attached hydrogens (tertiary/aromatic N) is 4. The number of rotatable bonds is 9. The molecule has 4 unspecified atom stereocenters. The third-order valence-electron chi connectivity index (χ3n) is 9.06. The van der Waals surface area contributed by atoms with Gasteiger partial charge in [-0.3, -0.25) is 4.79 Å². The van der Waals surface area contributed by atoms with Crippen molar-refractivity contribution >= 4 is 17.8 Å². The minimum atomic E-state index is -0.573.